The number of para-hydroxylation sites is 1. The summed E-state index contributed by atoms with van der Waals surface area (Å²) in [6, 6.07) is 12.1. The highest BCUT2D eigenvalue weighted by molar-refractivity contribution is 7.92. The summed E-state index contributed by atoms with van der Waals surface area (Å²) in [5.74, 6) is 0.362. The number of hydrogen-bond acceptors (Lipinski definition) is 4. The highest BCUT2D eigenvalue weighted by Gasteiger charge is 2.34. The Hall–Kier alpha value is -1.56. The Morgan fingerprint density at radius 1 is 1.08 bits per heavy atom. The minimum absolute atomic E-state index is 0.322. The van der Waals surface area contributed by atoms with Crippen molar-refractivity contribution >= 4 is 32.8 Å². The minimum Gasteiger partial charge on any atom is -0.339 e. The molecule has 128 valence electrons. The Morgan fingerprint density at radius 3 is 2.46 bits per heavy atom. The van der Waals surface area contributed by atoms with Crippen molar-refractivity contribution in [3.05, 3.63) is 47.5 Å². The van der Waals surface area contributed by atoms with Gasteiger partial charge in [-0.2, -0.15) is 0 Å². The van der Waals surface area contributed by atoms with Crippen molar-refractivity contribution in [1.82, 2.24) is 4.90 Å². The molecule has 1 heterocycles. The molecular formula is C18H21ClN2O2S. The molecule has 2 aromatic carbocycles. The van der Waals surface area contributed by atoms with Gasteiger partial charge in [-0.25, -0.2) is 8.42 Å². The van der Waals surface area contributed by atoms with Crippen LogP contribution in [0.1, 0.15) is 6.92 Å². The van der Waals surface area contributed by atoms with E-state index in [0.29, 0.717) is 26.4 Å². The summed E-state index contributed by atoms with van der Waals surface area (Å²) < 4.78 is 25.9. The zero-order valence-electron chi connectivity index (χ0n) is 14.0. The normalized spacial score (nSPS) is 16.6. The molecule has 1 aliphatic heterocycles. The maximum absolute atomic E-state index is 12.9. The summed E-state index contributed by atoms with van der Waals surface area (Å²) in [5.41, 5.74) is 1.38. The van der Waals surface area contributed by atoms with Crippen LogP contribution in [0.5, 0.6) is 0 Å². The molecule has 2 aromatic rings. The van der Waals surface area contributed by atoms with Gasteiger partial charge in [0.05, 0.1) is 21.2 Å². The average Bonchev–Trinajstić information content (AvgIpc) is 2.50. The van der Waals surface area contributed by atoms with Gasteiger partial charge >= 0.3 is 0 Å². The van der Waals surface area contributed by atoms with Crippen LogP contribution in [-0.4, -0.2) is 40.5 Å². The Labute approximate surface area is 148 Å². The van der Waals surface area contributed by atoms with Crippen LogP contribution in [0.25, 0.3) is 0 Å². The molecule has 0 amide bonds. The fourth-order valence-corrected chi connectivity index (χ4v) is 5.08. The van der Waals surface area contributed by atoms with Crippen LogP contribution in [0, 0.1) is 5.92 Å². The molecule has 1 unspecified atom stereocenters. The molecule has 4 nitrogen and oxygen atoms in total. The van der Waals surface area contributed by atoms with Crippen molar-refractivity contribution in [2.45, 2.75) is 16.7 Å². The highest BCUT2D eigenvalue weighted by atomic mass is 35.5. The monoisotopic (exact) mass is 364 g/mol. The maximum atomic E-state index is 12.9. The molecule has 0 saturated heterocycles. The van der Waals surface area contributed by atoms with Crippen molar-refractivity contribution in [1.29, 1.82) is 0 Å². The Balaban J connectivity index is 2.14. The first-order valence-electron chi connectivity index (χ1n) is 7.86. The topological polar surface area (TPSA) is 40.6 Å². The molecule has 0 aromatic heterocycles. The van der Waals surface area contributed by atoms with Gasteiger partial charge in [0.1, 0.15) is 0 Å². The van der Waals surface area contributed by atoms with Crippen LogP contribution in [-0.2, 0) is 9.84 Å². The van der Waals surface area contributed by atoms with E-state index in [0.717, 1.165) is 18.8 Å². The summed E-state index contributed by atoms with van der Waals surface area (Å²) in [7, 11) is 0.555. The number of benzene rings is 2. The van der Waals surface area contributed by atoms with E-state index in [1.54, 1.807) is 30.3 Å². The highest BCUT2D eigenvalue weighted by Crippen LogP contribution is 2.45. The van der Waals surface area contributed by atoms with Gasteiger partial charge in [0.25, 0.3) is 0 Å². The molecular weight excluding hydrogens is 344 g/mol. The fourth-order valence-electron chi connectivity index (χ4n) is 3.27. The van der Waals surface area contributed by atoms with Crippen LogP contribution in [0.4, 0.5) is 11.4 Å². The first kappa shape index (κ1) is 17.3. The van der Waals surface area contributed by atoms with Gasteiger partial charge in [-0.05, 0) is 50.3 Å². The third-order valence-electron chi connectivity index (χ3n) is 4.12. The molecule has 1 aliphatic rings. The zero-order chi connectivity index (χ0) is 17.5. The van der Waals surface area contributed by atoms with Crippen molar-refractivity contribution in [3.8, 4) is 0 Å². The number of hydrogen-bond donors (Lipinski definition) is 0. The van der Waals surface area contributed by atoms with Crippen molar-refractivity contribution in [3.63, 3.8) is 0 Å². The van der Waals surface area contributed by atoms with Crippen LogP contribution in [0.2, 0.25) is 5.02 Å². The van der Waals surface area contributed by atoms with Crippen molar-refractivity contribution < 1.29 is 8.42 Å². The molecule has 0 bridgehead atoms. The summed E-state index contributed by atoms with van der Waals surface area (Å²) in [4.78, 5) is 4.89. The van der Waals surface area contributed by atoms with Gasteiger partial charge in [0.15, 0.2) is 0 Å². The molecule has 0 saturated carbocycles. The smallest absolute Gasteiger partial charge is 0.210 e. The van der Waals surface area contributed by atoms with E-state index in [9.17, 15) is 8.42 Å². The summed E-state index contributed by atoms with van der Waals surface area (Å²) in [6.45, 7) is 3.80. The van der Waals surface area contributed by atoms with Crippen LogP contribution >= 0.6 is 11.6 Å². The van der Waals surface area contributed by atoms with Crippen molar-refractivity contribution in [2.75, 3.05) is 32.1 Å². The summed E-state index contributed by atoms with van der Waals surface area (Å²) >= 11 is 6.15. The predicted octanol–water partition coefficient (Wildman–Crippen LogP) is 3.82. The van der Waals surface area contributed by atoms with E-state index in [4.69, 9.17) is 11.6 Å². The average molecular weight is 365 g/mol. The molecule has 3 rings (SSSR count). The van der Waals surface area contributed by atoms with Gasteiger partial charge in [0, 0.05) is 18.1 Å². The van der Waals surface area contributed by atoms with Crippen LogP contribution in [0.15, 0.2) is 52.3 Å². The first-order valence-corrected chi connectivity index (χ1v) is 9.73. The molecule has 0 fully saturated rings. The standard InChI is InChI=1S/C18H21ClN2O2S/c1-13(11-20(2)3)12-21-15-6-4-5-7-17(15)24(22,23)18-9-8-14(19)10-16(18)21/h4-10,13H,11-12H2,1-3H3. The van der Waals surface area contributed by atoms with E-state index < -0.39 is 9.84 Å². The lowest BCUT2D eigenvalue weighted by Gasteiger charge is -2.35. The van der Waals surface area contributed by atoms with Gasteiger partial charge in [0.2, 0.25) is 9.84 Å². The number of anilines is 2. The Bertz CT molecular complexity index is 865. The maximum Gasteiger partial charge on any atom is 0.210 e. The number of sulfone groups is 1. The van der Waals surface area contributed by atoms with E-state index >= 15 is 0 Å². The van der Waals surface area contributed by atoms with E-state index in [2.05, 4.69) is 16.7 Å². The van der Waals surface area contributed by atoms with Crippen molar-refractivity contribution in [2.24, 2.45) is 5.92 Å². The summed E-state index contributed by atoms with van der Waals surface area (Å²) in [6.07, 6.45) is 0. The molecule has 0 spiro atoms. The number of nitrogens with zero attached hydrogens (tertiary/aromatic N) is 2. The Morgan fingerprint density at radius 2 is 1.75 bits per heavy atom. The van der Waals surface area contributed by atoms with Gasteiger partial charge in [-0.3, -0.25) is 0 Å². The van der Waals surface area contributed by atoms with Crippen LogP contribution < -0.4 is 4.90 Å². The van der Waals surface area contributed by atoms with E-state index in [1.165, 1.54) is 0 Å². The zero-order valence-corrected chi connectivity index (χ0v) is 15.6. The largest absolute Gasteiger partial charge is 0.339 e. The third kappa shape index (κ3) is 3.04. The predicted molar refractivity (Wildman–Crippen MR) is 98.1 cm³/mol. The van der Waals surface area contributed by atoms with Gasteiger partial charge < -0.3 is 9.80 Å². The summed E-state index contributed by atoms with van der Waals surface area (Å²) in [5, 5.41) is 0.536. The Kier molecular flexibility index (Phi) is 4.60. The number of rotatable bonds is 4. The second kappa shape index (κ2) is 6.39. The quantitative estimate of drug-likeness (QED) is 0.826. The first-order chi connectivity index (χ1) is 11.3. The number of halogens is 1. The second-order valence-corrected chi connectivity index (χ2v) is 8.88. The lowest BCUT2D eigenvalue weighted by Crippen LogP contribution is -2.33. The molecule has 0 radical (unpaired) electrons. The molecule has 6 heteroatoms. The molecule has 1 atom stereocenters. The molecule has 0 N–H and O–H groups in total. The van der Waals surface area contributed by atoms with E-state index in [-0.39, 0.29) is 0 Å². The lowest BCUT2D eigenvalue weighted by atomic mass is 10.1. The lowest BCUT2D eigenvalue weighted by molar-refractivity contribution is 0.342. The molecule has 24 heavy (non-hydrogen) atoms. The van der Waals surface area contributed by atoms with Gasteiger partial charge in [-0.15, -0.1) is 0 Å². The van der Waals surface area contributed by atoms with Crippen LogP contribution in [0.3, 0.4) is 0 Å². The minimum atomic E-state index is -3.52. The third-order valence-corrected chi connectivity index (χ3v) is 6.20. The SMILES string of the molecule is CC(CN(C)C)CN1c2ccccc2S(=O)(=O)c2ccc(Cl)cc21. The molecule has 0 aliphatic carbocycles. The van der Waals surface area contributed by atoms with Gasteiger partial charge in [-0.1, -0.05) is 30.7 Å². The number of fused-ring (bicyclic) bond motifs is 2. The second-order valence-electron chi connectivity index (χ2n) is 6.56. The van der Waals surface area contributed by atoms with E-state index in [1.807, 2.05) is 26.2 Å². The fraction of sp³-hybridized carbons (Fsp3) is 0.333.